The van der Waals surface area contributed by atoms with E-state index in [1.807, 2.05) is 13.8 Å². The Labute approximate surface area is 108 Å². The predicted molar refractivity (Wildman–Crippen MR) is 68.5 cm³/mol. The molecule has 0 spiro atoms. The van der Waals surface area contributed by atoms with Crippen molar-refractivity contribution in [2.75, 3.05) is 0 Å². The van der Waals surface area contributed by atoms with Gasteiger partial charge in [0.05, 0.1) is 9.40 Å². The zero-order valence-electron chi connectivity index (χ0n) is 9.61. The van der Waals surface area contributed by atoms with Gasteiger partial charge in [0.25, 0.3) is 0 Å². The summed E-state index contributed by atoms with van der Waals surface area (Å²) in [5, 5.41) is 10.8. The Balaban J connectivity index is 3.04. The lowest BCUT2D eigenvalue weighted by Gasteiger charge is -2.03. The average Bonchev–Trinajstić information content (AvgIpc) is 2.21. The molecule has 0 heterocycles. The van der Waals surface area contributed by atoms with E-state index in [9.17, 15) is 14.5 Å². The van der Waals surface area contributed by atoms with Crippen molar-refractivity contribution in [1.82, 2.24) is 0 Å². The fourth-order valence-electron chi connectivity index (χ4n) is 1.40. The molecule has 0 aliphatic rings. The molecule has 5 heteroatoms. The van der Waals surface area contributed by atoms with E-state index in [0.717, 1.165) is 0 Å². The van der Waals surface area contributed by atoms with Gasteiger partial charge in [-0.25, -0.2) is 4.39 Å². The van der Waals surface area contributed by atoms with Gasteiger partial charge in [-0.2, -0.15) is 0 Å². The van der Waals surface area contributed by atoms with E-state index in [-0.39, 0.29) is 17.4 Å². The molecule has 0 N–H and O–H groups in total. The summed E-state index contributed by atoms with van der Waals surface area (Å²) in [6.07, 6.45) is 1.87. The zero-order chi connectivity index (χ0) is 13.0. The second-order valence-corrected chi connectivity index (χ2v) is 5.02. The van der Waals surface area contributed by atoms with Crippen molar-refractivity contribution in [1.29, 1.82) is 0 Å². The third kappa shape index (κ3) is 4.26. The maximum atomic E-state index is 13.0. The molecule has 0 fully saturated rings. The monoisotopic (exact) mass is 301 g/mol. The number of hydrogen-bond donors (Lipinski definition) is 0. The molecule has 0 amide bonds. The summed E-state index contributed by atoms with van der Waals surface area (Å²) in [6.45, 7) is 3.83. The van der Waals surface area contributed by atoms with Gasteiger partial charge < -0.3 is 0 Å². The van der Waals surface area contributed by atoms with Crippen LogP contribution in [0.25, 0.3) is 6.08 Å². The molecule has 0 saturated carbocycles. The minimum Gasteiger partial charge on any atom is -0.259 e. The van der Waals surface area contributed by atoms with E-state index in [1.165, 1.54) is 24.3 Å². The smallest absolute Gasteiger partial charge is 0.247 e. The van der Waals surface area contributed by atoms with Crippen molar-refractivity contribution in [3.05, 3.63) is 49.9 Å². The van der Waals surface area contributed by atoms with E-state index in [4.69, 9.17) is 0 Å². The first-order chi connectivity index (χ1) is 7.90. The number of hydrogen-bond acceptors (Lipinski definition) is 2. The maximum absolute atomic E-state index is 13.0. The second kappa shape index (κ2) is 5.91. The summed E-state index contributed by atoms with van der Waals surface area (Å²) in [5.74, 6) is -0.177. The third-order valence-electron chi connectivity index (χ3n) is 2.13. The number of rotatable bonds is 4. The molecule has 0 atom stereocenters. The fraction of sp³-hybridized carbons (Fsp3) is 0.333. The van der Waals surface area contributed by atoms with Crippen LogP contribution in [-0.4, -0.2) is 4.92 Å². The van der Waals surface area contributed by atoms with Crippen molar-refractivity contribution >= 4 is 22.0 Å². The Morgan fingerprint density at radius 1 is 1.59 bits per heavy atom. The molecule has 0 radical (unpaired) electrons. The Morgan fingerprint density at radius 3 is 2.71 bits per heavy atom. The molecule has 0 bridgehead atoms. The molecule has 0 aliphatic heterocycles. The van der Waals surface area contributed by atoms with E-state index in [2.05, 4.69) is 15.9 Å². The standard InChI is InChI=1S/C12H13BrFNO2/c1-8(2)5-10(15(16)17)6-9-3-4-12(14)11(13)7-9/h3-4,6-8H,5H2,1-2H3/b10-6+. The molecule has 0 saturated heterocycles. The van der Waals surface area contributed by atoms with E-state index < -0.39 is 4.92 Å². The van der Waals surface area contributed by atoms with Gasteiger partial charge in [0, 0.05) is 12.5 Å². The van der Waals surface area contributed by atoms with Gasteiger partial charge >= 0.3 is 0 Å². The lowest BCUT2D eigenvalue weighted by atomic mass is 10.1. The highest BCUT2D eigenvalue weighted by Crippen LogP contribution is 2.20. The van der Waals surface area contributed by atoms with Gasteiger partial charge in [-0.15, -0.1) is 0 Å². The molecule has 1 aromatic carbocycles. The maximum Gasteiger partial charge on any atom is 0.247 e. The van der Waals surface area contributed by atoms with Crippen LogP contribution in [0.5, 0.6) is 0 Å². The molecule has 0 aliphatic carbocycles. The first kappa shape index (κ1) is 13.8. The van der Waals surface area contributed by atoms with Crippen LogP contribution in [0.3, 0.4) is 0 Å². The number of benzene rings is 1. The topological polar surface area (TPSA) is 43.1 Å². The molecule has 92 valence electrons. The van der Waals surface area contributed by atoms with Crippen molar-refractivity contribution in [3.63, 3.8) is 0 Å². The van der Waals surface area contributed by atoms with Crippen LogP contribution in [0.15, 0.2) is 28.4 Å². The van der Waals surface area contributed by atoms with Gasteiger partial charge in [-0.1, -0.05) is 19.9 Å². The van der Waals surface area contributed by atoms with E-state index >= 15 is 0 Å². The molecule has 1 aromatic rings. The zero-order valence-corrected chi connectivity index (χ0v) is 11.2. The van der Waals surface area contributed by atoms with Crippen molar-refractivity contribution in [3.8, 4) is 0 Å². The van der Waals surface area contributed by atoms with Crippen LogP contribution in [0.1, 0.15) is 25.8 Å². The normalized spacial score (nSPS) is 11.9. The fourth-order valence-corrected chi connectivity index (χ4v) is 1.80. The van der Waals surface area contributed by atoms with Crippen LogP contribution in [0.2, 0.25) is 0 Å². The van der Waals surface area contributed by atoms with Crippen molar-refractivity contribution in [2.45, 2.75) is 20.3 Å². The molecule has 0 unspecified atom stereocenters. The van der Waals surface area contributed by atoms with Gasteiger partial charge in [-0.05, 0) is 39.5 Å². The molecular formula is C12H13BrFNO2. The van der Waals surface area contributed by atoms with Crippen LogP contribution >= 0.6 is 15.9 Å². The molecule has 17 heavy (non-hydrogen) atoms. The van der Waals surface area contributed by atoms with Crippen LogP contribution in [-0.2, 0) is 0 Å². The van der Waals surface area contributed by atoms with E-state index in [1.54, 1.807) is 0 Å². The quantitative estimate of drug-likeness (QED) is 0.616. The highest BCUT2D eigenvalue weighted by Gasteiger charge is 2.13. The lowest BCUT2D eigenvalue weighted by Crippen LogP contribution is -2.02. The van der Waals surface area contributed by atoms with Crippen LogP contribution < -0.4 is 0 Å². The van der Waals surface area contributed by atoms with E-state index in [0.29, 0.717) is 16.5 Å². The Kier molecular flexibility index (Phi) is 4.81. The van der Waals surface area contributed by atoms with Crippen molar-refractivity contribution < 1.29 is 9.31 Å². The largest absolute Gasteiger partial charge is 0.259 e. The van der Waals surface area contributed by atoms with Gasteiger partial charge in [0.1, 0.15) is 5.82 Å². The molecular weight excluding hydrogens is 289 g/mol. The Morgan fingerprint density at radius 2 is 2.24 bits per heavy atom. The SMILES string of the molecule is CC(C)C/C(=C\c1ccc(F)c(Br)c1)[N+](=O)[O-]. The predicted octanol–water partition coefficient (Wildman–Crippen LogP) is 4.25. The molecule has 3 nitrogen and oxygen atoms in total. The van der Waals surface area contributed by atoms with Crippen LogP contribution in [0.4, 0.5) is 4.39 Å². The highest BCUT2D eigenvalue weighted by molar-refractivity contribution is 9.10. The summed E-state index contributed by atoms with van der Waals surface area (Å²) in [7, 11) is 0. The second-order valence-electron chi connectivity index (χ2n) is 4.16. The Hall–Kier alpha value is -1.23. The molecule has 1 rings (SSSR count). The number of allylic oxidation sites excluding steroid dienone is 1. The summed E-state index contributed by atoms with van der Waals surface area (Å²) in [4.78, 5) is 10.5. The minimum absolute atomic E-state index is 0.138. The number of nitro groups is 1. The summed E-state index contributed by atoms with van der Waals surface area (Å²) in [6, 6.07) is 4.33. The first-order valence-corrected chi connectivity index (χ1v) is 5.99. The van der Waals surface area contributed by atoms with Gasteiger partial charge in [0.15, 0.2) is 0 Å². The first-order valence-electron chi connectivity index (χ1n) is 5.20. The lowest BCUT2D eigenvalue weighted by molar-refractivity contribution is -0.427. The van der Waals surface area contributed by atoms with Crippen LogP contribution in [0, 0.1) is 21.8 Å². The Bertz CT molecular complexity index is 458. The summed E-state index contributed by atoms with van der Waals surface area (Å²) in [5.41, 5.74) is 0.754. The van der Waals surface area contributed by atoms with Gasteiger partial charge in [0.2, 0.25) is 5.70 Å². The number of halogens is 2. The van der Waals surface area contributed by atoms with Gasteiger partial charge in [-0.3, -0.25) is 10.1 Å². The molecule has 0 aromatic heterocycles. The number of nitrogens with zero attached hydrogens (tertiary/aromatic N) is 1. The third-order valence-corrected chi connectivity index (χ3v) is 2.74. The summed E-state index contributed by atoms with van der Waals surface area (Å²) < 4.78 is 13.3. The van der Waals surface area contributed by atoms with Crippen molar-refractivity contribution in [2.24, 2.45) is 5.92 Å². The summed E-state index contributed by atoms with van der Waals surface area (Å²) >= 11 is 3.05. The average molecular weight is 302 g/mol. The highest BCUT2D eigenvalue weighted by atomic mass is 79.9. The minimum atomic E-state index is -0.392.